The number of ether oxygens (including phenoxy) is 5. The molecule has 0 aliphatic carbocycles. The Balaban J connectivity index is 3.05. The van der Waals surface area contributed by atoms with Crippen LogP contribution in [0.4, 0.5) is 0 Å². The van der Waals surface area contributed by atoms with Gasteiger partial charge in [-0.25, -0.2) is 0 Å². The summed E-state index contributed by atoms with van der Waals surface area (Å²) < 4.78 is 25.9. The predicted octanol–water partition coefficient (Wildman–Crippen LogP) is -0.299. The van der Waals surface area contributed by atoms with E-state index >= 15 is 0 Å². The van der Waals surface area contributed by atoms with Gasteiger partial charge in [0.1, 0.15) is 18.8 Å². The molecule has 0 saturated carbocycles. The van der Waals surface area contributed by atoms with E-state index in [4.69, 9.17) is 23.7 Å². The molecular weight excluding hydrogens is 324 g/mol. The zero-order valence-electron chi connectivity index (χ0n) is 13.8. The Hall–Kier alpha value is -1.97. The first-order valence-electron chi connectivity index (χ1n) is 7.30. The standard InChI is InChI=1S/C15H22O9/c1-5-6-20-13-12(22-9(3)17)11(7-21-8(2)16)24-15(19)14(13)23-10(4)18/h5,11-15,19H,1,6-7H2,2-4H3. The average Bonchev–Trinajstić information content (AvgIpc) is 2.47. The Bertz CT molecular complexity index is 476. The van der Waals surface area contributed by atoms with E-state index in [1.807, 2.05) is 0 Å². The molecule has 1 aliphatic heterocycles. The molecule has 5 unspecified atom stereocenters. The normalized spacial score (nSPS) is 29.4. The first kappa shape index (κ1) is 20.1. The largest absolute Gasteiger partial charge is 0.463 e. The van der Waals surface area contributed by atoms with Crippen molar-refractivity contribution in [3.63, 3.8) is 0 Å². The fraction of sp³-hybridized carbons (Fsp3) is 0.667. The van der Waals surface area contributed by atoms with Crippen LogP contribution in [0, 0.1) is 0 Å². The summed E-state index contributed by atoms with van der Waals surface area (Å²) in [7, 11) is 0. The maximum Gasteiger partial charge on any atom is 0.303 e. The van der Waals surface area contributed by atoms with Crippen molar-refractivity contribution in [1.82, 2.24) is 0 Å². The van der Waals surface area contributed by atoms with Crippen molar-refractivity contribution in [3.8, 4) is 0 Å². The minimum Gasteiger partial charge on any atom is -0.463 e. The van der Waals surface area contributed by atoms with Crippen molar-refractivity contribution >= 4 is 17.9 Å². The van der Waals surface area contributed by atoms with E-state index in [0.717, 1.165) is 6.92 Å². The molecule has 1 heterocycles. The van der Waals surface area contributed by atoms with E-state index in [-0.39, 0.29) is 13.2 Å². The Labute approximate surface area is 139 Å². The molecule has 0 bridgehead atoms. The molecular formula is C15H22O9. The van der Waals surface area contributed by atoms with Crippen molar-refractivity contribution in [2.45, 2.75) is 51.5 Å². The predicted molar refractivity (Wildman–Crippen MR) is 78.6 cm³/mol. The summed E-state index contributed by atoms with van der Waals surface area (Å²) in [5, 5.41) is 10.1. The van der Waals surface area contributed by atoms with Gasteiger partial charge in [0.25, 0.3) is 0 Å². The fourth-order valence-corrected chi connectivity index (χ4v) is 2.25. The van der Waals surface area contributed by atoms with Crippen LogP contribution in [0.2, 0.25) is 0 Å². The van der Waals surface area contributed by atoms with Crippen LogP contribution in [0.25, 0.3) is 0 Å². The molecule has 0 aromatic carbocycles. The summed E-state index contributed by atoms with van der Waals surface area (Å²) in [5.74, 6) is -1.88. The number of hydrogen-bond acceptors (Lipinski definition) is 9. The Morgan fingerprint density at radius 2 is 1.62 bits per heavy atom. The molecule has 136 valence electrons. The SMILES string of the molecule is C=CCOC1C(OC(C)=O)C(O)OC(COC(C)=O)C1OC(C)=O. The summed E-state index contributed by atoms with van der Waals surface area (Å²) in [5.41, 5.74) is 0. The van der Waals surface area contributed by atoms with Crippen LogP contribution in [-0.4, -0.2) is 66.9 Å². The zero-order chi connectivity index (χ0) is 18.3. The van der Waals surface area contributed by atoms with Gasteiger partial charge in [-0.2, -0.15) is 0 Å². The molecule has 1 aliphatic rings. The lowest BCUT2D eigenvalue weighted by atomic mass is 9.98. The van der Waals surface area contributed by atoms with Gasteiger partial charge in [-0.05, 0) is 0 Å². The van der Waals surface area contributed by atoms with Gasteiger partial charge < -0.3 is 28.8 Å². The highest BCUT2D eigenvalue weighted by atomic mass is 16.7. The second-order valence-electron chi connectivity index (χ2n) is 5.10. The molecule has 5 atom stereocenters. The van der Waals surface area contributed by atoms with E-state index in [0.29, 0.717) is 0 Å². The third kappa shape index (κ3) is 5.91. The summed E-state index contributed by atoms with van der Waals surface area (Å²) in [6, 6.07) is 0. The van der Waals surface area contributed by atoms with Crippen LogP contribution < -0.4 is 0 Å². The van der Waals surface area contributed by atoms with Crippen LogP contribution in [0.5, 0.6) is 0 Å². The molecule has 9 nitrogen and oxygen atoms in total. The highest BCUT2D eigenvalue weighted by molar-refractivity contribution is 5.67. The monoisotopic (exact) mass is 346 g/mol. The zero-order valence-corrected chi connectivity index (χ0v) is 13.8. The smallest absolute Gasteiger partial charge is 0.303 e. The van der Waals surface area contributed by atoms with Gasteiger partial charge in [0.2, 0.25) is 0 Å². The van der Waals surface area contributed by atoms with Gasteiger partial charge in [0, 0.05) is 20.8 Å². The first-order valence-corrected chi connectivity index (χ1v) is 7.30. The van der Waals surface area contributed by atoms with Crippen molar-refractivity contribution in [2.75, 3.05) is 13.2 Å². The molecule has 1 saturated heterocycles. The van der Waals surface area contributed by atoms with E-state index in [1.54, 1.807) is 0 Å². The molecule has 9 heteroatoms. The lowest BCUT2D eigenvalue weighted by Gasteiger charge is -2.43. The van der Waals surface area contributed by atoms with E-state index in [9.17, 15) is 19.5 Å². The summed E-state index contributed by atoms with van der Waals surface area (Å²) in [6.45, 7) is 6.82. The van der Waals surface area contributed by atoms with Gasteiger partial charge in [0.15, 0.2) is 18.5 Å². The van der Waals surface area contributed by atoms with Gasteiger partial charge in [-0.3, -0.25) is 14.4 Å². The summed E-state index contributed by atoms with van der Waals surface area (Å²) >= 11 is 0. The van der Waals surface area contributed by atoms with E-state index in [1.165, 1.54) is 19.9 Å². The Morgan fingerprint density at radius 1 is 1.04 bits per heavy atom. The van der Waals surface area contributed by atoms with Crippen molar-refractivity contribution in [1.29, 1.82) is 0 Å². The summed E-state index contributed by atoms with van der Waals surface area (Å²) in [6.07, 6.45) is -4.40. The lowest BCUT2D eigenvalue weighted by molar-refractivity contribution is -0.299. The highest BCUT2D eigenvalue weighted by Crippen LogP contribution is 2.28. The van der Waals surface area contributed by atoms with Crippen LogP contribution in [0.15, 0.2) is 12.7 Å². The third-order valence-corrected chi connectivity index (χ3v) is 3.07. The lowest BCUT2D eigenvalue weighted by Crippen LogP contribution is -2.62. The molecule has 0 aromatic rings. The third-order valence-electron chi connectivity index (χ3n) is 3.07. The second kappa shape index (κ2) is 9.36. The van der Waals surface area contributed by atoms with Crippen LogP contribution in [0.1, 0.15) is 20.8 Å². The maximum atomic E-state index is 11.4. The van der Waals surface area contributed by atoms with Crippen molar-refractivity contribution < 1.29 is 43.2 Å². The summed E-state index contributed by atoms with van der Waals surface area (Å²) in [4.78, 5) is 33.7. The molecule has 1 rings (SSSR count). The van der Waals surface area contributed by atoms with E-state index in [2.05, 4.69) is 6.58 Å². The highest BCUT2D eigenvalue weighted by Gasteiger charge is 2.50. The molecule has 24 heavy (non-hydrogen) atoms. The van der Waals surface area contributed by atoms with E-state index < -0.39 is 48.6 Å². The van der Waals surface area contributed by atoms with Crippen molar-refractivity contribution in [3.05, 3.63) is 12.7 Å². The molecule has 1 fully saturated rings. The topological polar surface area (TPSA) is 118 Å². The molecule has 0 spiro atoms. The minimum atomic E-state index is -1.55. The van der Waals surface area contributed by atoms with Gasteiger partial charge in [-0.1, -0.05) is 6.08 Å². The Kier molecular flexibility index (Phi) is 7.83. The quantitative estimate of drug-likeness (QED) is 0.376. The number of carbonyl (C=O) groups excluding carboxylic acids is 3. The van der Waals surface area contributed by atoms with Crippen LogP contribution in [0.3, 0.4) is 0 Å². The number of hydrogen-bond donors (Lipinski definition) is 1. The minimum absolute atomic E-state index is 0.0488. The second-order valence-corrected chi connectivity index (χ2v) is 5.10. The molecule has 0 amide bonds. The number of esters is 3. The molecule has 1 N–H and O–H groups in total. The van der Waals surface area contributed by atoms with Gasteiger partial charge in [-0.15, -0.1) is 6.58 Å². The van der Waals surface area contributed by atoms with Gasteiger partial charge in [0.05, 0.1) is 6.61 Å². The van der Waals surface area contributed by atoms with Crippen molar-refractivity contribution in [2.24, 2.45) is 0 Å². The fourth-order valence-electron chi connectivity index (χ4n) is 2.25. The number of carbonyl (C=O) groups is 3. The van der Waals surface area contributed by atoms with Gasteiger partial charge >= 0.3 is 17.9 Å². The Morgan fingerprint density at radius 3 is 2.12 bits per heavy atom. The number of rotatable bonds is 7. The maximum absolute atomic E-state index is 11.4. The number of aliphatic hydroxyl groups is 1. The number of aliphatic hydroxyl groups excluding tert-OH is 1. The molecule has 0 aromatic heterocycles. The molecule has 0 radical (unpaired) electrons. The van der Waals surface area contributed by atoms with Crippen LogP contribution in [-0.2, 0) is 38.1 Å². The average molecular weight is 346 g/mol. The van der Waals surface area contributed by atoms with Crippen LogP contribution >= 0.6 is 0 Å². The first-order chi connectivity index (χ1) is 11.3.